The van der Waals surface area contributed by atoms with Crippen LogP contribution in [0.3, 0.4) is 0 Å². The highest BCUT2D eigenvalue weighted by Gasteiger charge is 2.52. The van der Waals surface area contributed by atoms with E-state index in [1.54, 1.807) is 20.8 Å². The zero-order valence-electron chi connectivity index (χ0n) is 26.6. The summed E-state index contributed by atoms with van der Waals surface area (Å²) in [4.78, 5) is 39.0. The van der Waals surface area contributed by atoms with Gasteiger partial charge in [-0.05, 0) is 94.5 Å². The molecule has 11 nitrogen and oxygen atoms in total. The molecule has 3 rings (SSSR count). The monoisotopic (exact) mass is 692 g/mol. The average Bonchev–Trinajstić information content (AvgIpc) is 2.92. The molecule has 0 radical (unpaired) electrons. The Morgan fingerprint density at radius 2 is 1.55 bits per heavy atom. The highest BCUT2D eigenvalue weighted by molar-refractivity contribution is 7.90. The van der Waals surface area contributed by atoms with Crippen molar-refractivity contribution in [3.63, 3.8) is 0 Å². The van der Waals surface area contributed by atoms with Crippen molar-refractivity contribution < 1.29 is 54.2 Å². The molecule has 17 heteroatoms. The number of nitrogens with zero attached hydrogens (tertiary/aromatic N) is 2. The normalized spacial score (nSPS) is 15.9. The van der Waals surface area contributed by atoms with Crippen LogP contribution in [-0.2, 0) is 26.0 Å². The fourth-order valence-corrected chi connectivity index (χ4v) is 6.40. The van der Waals surface area contributed by atoms with Gasteiger partial charge in [-0.3, -0.25) is 14.5 Å². The van der Waals surface area contributed by atoms with Gasteiger partial charge in [0.25, 0.3) is 15.9 Å². The minimum atomic E-state index is -5.31. The van der Waals surface area contributed by atoms with Crippen molar-refractivity contribution in [1.29, 1.82) is 0 Å². The van der Waals surface area contributed by atoms with E-state index in [-0.39, 0.29) is 11.1 Å². The molecule has 0 unspecified atom stereocenters. The minimum absolute atomic E-state index is 0.0485. The number of nitrogens with two attached hydrogens (primary N) is 1. The topological polar surface area (TPSA) is 148 Å². The van der Waals surface area contributed by atoms with Gasteiger partial charge in [0.15, 0.2) is 0 Å². The number of hydrogen-bond donors (Lipinski definition) is 2. The number of carbonyl (C=O) groups is 3. The molecule has 3 amide bonds. The number of carbonyl (C=O) groups excluding carboxylic acids is 3. The van der Waals surface area contributed by atoms with Gasteiger partial charge in [0.05, 0.1) is 6.42 Å². The summed E-state index contributed by atoms with van der Waals surface area (Å²) >= 11 is 0. The summed E-state index contributed by atoms with van der Waals surface area (Å²) in [7, 11) is -3.86. The largest absolute Gasteiger partial charge is 0.573 e. The third-order valence-corrected chi connectivity index (χ3v) is 9.51. The predicted octanol–water partition coefficient (Wildman–Crippen LogP) is 4.79. The Bertz CT molecular complexity index is 1610. The Labute approximate surface area is 269 Å². The zero-order valence-corrected chi connectivity index (χ0v) is 27.4. The Morgan fingerprint density at radius 1 is 1.00 bits per heavy atom. The van der Waals surface area contributed by atoms with Crippen LogP contribution in [0.2, 0.25) is 0 Å². The molecule has 2 aromatic carbocycles. The SMILES string of the molecule is Cc1cc(N(C)C(=O)OC(C)(C)C)cc(C)c1CC(F)(F)S(=O)(=O)N1CCC(NC(=O)c2cccc(OC(F)(F)F)c2)(C(N)=O)CC1. The number of alkyl halides is 5. The molecule has 0 aromatic heterocycles. The van der Waals surface area contributed by atoms with Gasteiger partial charge in [-0.15, -0.1) is 13.2 Å². The molecule has 0 bridgehead atoms. The van der Waals surface area contributed by atoms with E-state index < -0.39 is 88.8 Å². The first kappa shape index (κ1) is 37.5. The minimum Gasteiger partial charge on any atom is -0.443 e. The van der Waals surface area contributed by atoms with Crippen LogP contribution in [0.4, 0.5) is 32.4 Å². The first-order valence-electron chi connectivity index (χ1n) is 14.3. The van der Waals surface area contributed by atoms with Crippen LogP contribution < -0.4 is 20.7 Å². The number of nitrogens with one attached hydrogen (secondary N) is 1. The molecule has 1 aliphatic rings. The van der Waals surface area contributed by atoms with Gasteiger partial charge >= 0.3 is 17.7 Å². The van der Waals surface area contributed by atoms with Crippen LogP contribution in [0.1, 0.15) is 60.7 Å². The maximum atomic E-state index is 15.6. The van der Waals surface area contributed by atoms with Gasteiger partial charge in [-0.2, -0.15) is 13.1 Å². The van der Waals surface area contributed by atoms with E-state index in [9.17, 15) is 36.0 Å². The number of hydrogen-bond acceptors (Lipinski definition) is 7. The molecule has 1 heterocycles. The number of aryl methyl sites for hydroxylation is 2. The van der Waals surface area contributed by atoms with Gasteiger partial charge in [0.1, 0.15) is 16.9 Å². The summed E-state index contributed by atoms with van der Waals surface area (Å²) in [5.74, 6) is -2.79. The fourth-order valence-electron chi connectivity index (χ4n) is 5.03. The van der Waals surface area contributed by atoms with Gasteiger partial charge in [-0.1, -0.05) is 6.07 Å². The zero-order chi connectivity index (χ0) is 35.8. The Kier molecular flexibility index (Phi) is 10.6. The fraction of sp³-hybridized carbons (Fsp3) is 0.500. The second-order valence-electron chi connectivity index (χ2n) is 12.3. The number of benzene rings is 2. The van der Waals surface area contributed by atoms with Crippen LogP contribution in [0.15, 0.2) is 36.4 Å². The maximum Gasteiger partial charge on any atom is 0.573 e. The summed E-state index contributed by atoms with van der Waals surface area (Å²) in [6, 6.07) is 6.93. The molecule has 260 valence electrons. The number of rotatable bonds is 9. The van der Waals surface area contributed by atoms with E-state index in [0.717, 1.165) is 24.3 Å². The van der Waals surface area contributed by atoms with E-state index in [2.05, 4.69) is 10.1 Å². The Morgan fingerprint density at radius 3 is 2.04 bits per heavy atom. The van der Waals surface area contributed by atoms with Crippen molar-refractivity contribution in [3.05, 3.63) is 58.7 Å². The second-order valence-corrected chi connectivity index (χ2v) is 14.4. The highest BCUT2D eigenvalue weighted by atomic mass is 32.2. The lowest BCUT2D eigenvalue weighted by atomic mass is 9.87. The number of sulfonamides is 1. The number of piperidine rings is 1. The van der Waals surface area contributed by atoms with Crippen molar-refractivity contribution in [3.8, 4) is 5.75 Å². The van der Waals surface area contributed by atoms with Crippen molar-refractivity contribution in [2.45, 2.75) is 76.6 Å². The first-order chi connectivity index (χ1) is 21.4. The first-order valence-corrected chi connectivity index (χ1v) is 15.7. The maximum absolute atomic E-state index is 15.6. The van der Waals surface area contributed by atoms with Crippen molar-refractivity contribution in [1.82, 2.24) is 9.62 Å². The lowest BCUT2D eigenvalue weighted by Gasteiger charge is -2.40. The Balaban J connectivity index is 1.76. The quantitative estimate of drug-likeness (QED) is 0.359. The molecule has 3 N–H and O–H groups in total. The summed E-state index contributed by atoms with van der Waals surface area (Å²) in [5, 5.41) is -1.95. The van der Waals surface area contributed by atoms with Crippen LogP contribution in [0.5, 0.6) is 5.75 Å². The summed E-state index contributed by atoms with van der Waals surface area (Å²) in [6.45, 7) is 6.85. The standard InChI is InChI=1S/C30H37F5N4O7S/c1-18-14-21(38(6)26(42)46-27(3,4)5)15-19(2)23(18)17-29(31,32)47(43,44)39-12-10-28(11-13-39,25(36)41)37-24(40)20-8-7-9-22(16-20)45-30(33,34)35/h7-9,14-16H,10-13,17H2,1-6H3,(H2,36,41)(H,37,40). The third kappa shape index (κ3) is 8.88. The average molecular weight is 693 g/mol. The Hall–Kier alpha value is -3.99. The van der Waals surface area contributed by atoms with E-state index in [4.69, 9.17) is 10.5 Å². The summed E-state index contributed by atoms with van der Waals surface area (Å²) < 4.78 is 105. The summed E-state index contributed by atoms with van der Waals surface area (Å²) in [5.41, 5.74) is 3.58. The van der Waals surface area contributed by atoms with Crippen LogP contribution in [0, 0.1) is 13.8 Å². The predicted molar refractivity (Wildman–Crippen MR) is 161 cm³/mol. The van der Waals surface area contributed by atoms with Crippen LogP contribution in [0.25, 0.3) is 0 Å². The van der Waals surface area contributed by atoms with Crippen LogP contribution >= 0.6 is 0 Å². The molecule has 47 heavy (non-hydrogen) atoms. The third-order valence-electron chi connectivity index (χ3n) is 7.57. The van der Waals surface area contributed by atoms with E-state index in [1.165, 1.54) is 37.9 Å². The van der Waals surface area contributed by atoms with Gasteiger partial charge in [0, 0.05) is 31.4 Å². The number of halogens is 5. The highest BCUT2D eigenvalue weighted by Crippen LogP contribution is 2.36. The van der Waals surface area contributed by atoms with E-state index >= 15 is 8.78 Å². The molecule has 1 saturated heterocycles. The lowest BCUT2D eigenvalue weighted by Crippen LogP contribution is -2.63. The second kappa shape index (κ2) is 13.3. The van der Waals surface area contributed by atoms with Gasteiger partial charge in [0.2, 0.25) is 5.91 Å². The summed E-state index contributed by atoms with van der Waals surface area (Å²) in [6.07, 6.45) is -7.84. The van der Waals surface area contributed by atoms with Crippen molar-refractivity contribution in [2.75, 3.05) is 25.0 Å². The van der Waals surface area contributed by atoms with Gasteiger partial charge < -0.3 is 20.5 Å². The molecular formula is C30H37F5N4O7S. The molecular weight excluding hydrogens is 655 g/mol. The lowest BCUT2D eigenvalue weighted by molar-refractivity contribution is -0.274. The van der Waals surface area contributed by atoms with Crippen LogP contribution in [-0.4, -0.2) is 73.5 Å². The molecule has 1 fully saturated rings. The number of ether oxygens (including phenoxy) is 2. The molecule has 0 spiro atoms. The molecule has 0 aliphatic carbocycles. The number of primary amides is 1. The number of amides is 3. The molecule has 2 aromatic rings. The van der Waals surface area contributed by atoms with Crippen molar-refractivity contribution >= 4 is 33.6 Å². The molecule has 0 atom stereocenters. The van der Waals surface area contributed by atoms with E-state index in [1.807, 2.05) is 0 Å². The molecule has 0 saturated carbocycles. The smallest absolute Gasteiger partial charge is 0.443 e. The van der Waals surface area contributed by atoms with Gasteiger partial charge in [-0.25, -0.2) is 13.2 Å². The van der Waals surface area contributed by atoms with Crippen molar-refractivity contribution in [2.24, 2.45) is 5.73 Å². The molecule has 1 aliphatic heterocycles. The number of anilines is 1. The van der Waals surface area contributed by atoms with E-state index in [0.29, 0.717) is 21.1 Å².